The number of alkyl halides is 5. The number of aromatic nitrogens is 5. The summed E-state index contributed by atoms with van der Waals surface area (Å²) in [5.74, 6) is -2.69. The van der Waals surface area contributed by atoms with Crippen LogP contribution in [0.5, 0.6) is 0 Å². The number of H-pyrrole nitrogens is 1. The molecule has 3 aliphatic rings. The van der Waals surface area contributed by atoms with Gasteiger partial charge in [0.25, 0.3) is 5.92 Å². The molecule has 10 nitrogen and oxygen atoms in total. The molecule has 2 aliphatic heterocycles. The number of hydrogen-bond acceptors (Lipinski definition) is 6. The fourth-order valence-electron chi connectivity index (χ4n) is 5.08. The fraction of sp³-hybridized carbons (Fsp3) is 0.545. The molecule has 3 fully saturated rings. The predicted molar refractivity (Wildman–Crippen MR) is 121 cm³/mol. The topological polar surface area (TPSA) is 115 Å². The molecular formula is C22H23F5N8O2. The van der Waals surface area contributed by atoms with Gasteiger partial charge in [0.2, 0.25) is 0 Å². The normalized spacial score (nSPS) is 20.9. The third kappa shape index (κ3) is 4.34. The Morgan fingerprint density at radius 1 is 1.19 bits per heavy atom. The van der Waals surface area contributed by atoms with Crippen LogP contribution in [-0.2, 0) is 6.54 Å². The predicted octanol–water partition coefficient (Wildman–Crippen LogP) is 3.36. The molecule has 0 unspecified atom stereocenters. The molecule has 6 rings (SSSR count). The minimum atomic E-state index is -4.53. The maximum absolute atomic E-state index is 14.1. The number of hydrogen-bond donors (Lipinski definition) is 3. The largest absolute Gasteiger partial charge is 0.408 e. The lowest BCUT2D eigenvalue weighted by Gasteiger charge is -2.40. The first-order valence-electron chi connectivity index (χ1n) is 11.8. The van der Waals surface area contributed by atoms with E-state index in [2.05, 4.69) is 25.6 Å². The van der Waals surface area contributed by atoms with E-state index >= 15 is 0 Å². The molecule has 5 heterocycles. The monoisotopic (exact) mass is 526 g/mol. The summed E-state index contributed by atoms with van der Waals surface area (Å²) in [6.45, 7) is -1.52. The summed E-state index contributed by atoms with van der Waals surface area (Å²) in [6.07, 6.45) is -1.16. The van der Waals surface area contributed by atoms with Crippen LogP contribution in [0.25, 0.3) is 22.3 Å². The van der Waals surface area contributed by atoms with Crippen LogP contribution in [0.2, 0.25) is 0 Å². The zero-order chi connectivity index (χ0) is 26.2. The maximum atomic E-state index is 14.1. The summed E-state index contributed by atoms with van der Waals surface area (Å²) >= 11 is 0. The standard InChI is InChI=1S/C22H23F5N8O2/c23-21(24)4-3-20(1-2-20)34(10-21)19(37)30-15-7-29-31-17(15)14-5-16-13(6-28-14)18(33-8-12(36)9-33)32-35(16)11-22(25,26)27/h5-7,12,36H,1-4,8-11H2,(H,29,31)(H,30,37). The average Bonchev–Trinajstić information content (AvgIpc) is 3.30. The molecule has 1 aliphatic carbocycles. The van der Waals surface area contributed by atoms with E-state index in [0.717, 1.165) is 4.68 Å². The summed E-state index contributed by atoms with van der Waals surface area (Å²) in [5.41, 5.74) is 0.152. The Morgan fingerprint density at radius 2 is 1.92 bits per heavy atom. The molecule has 0 bridgehead atoms. The quantitative estimate of drug-likeness (QED) is 0.449. The number of urea groups is 1. The zero-order valence-electron chi connectivity index (χ0n) is 19.4. The smallest absolute Gasteiger partial charge is 0.389 e. The number of nitrogens with zero attached hydrogens (tertiary/aromatic N) is 6. The van der Waals surface area contributed by atoms with Crippen LogP contribution in [0.4, 0.5) is 38.3 Å². The SMILES string of the molecule is O=C(Nc1cn[nH]c1-c1cc2c(cn1)c(N1CC(O)C1)nn2CC(F)(F)F)N1CC(F)(F)CCC12CC2. The number of carbonyl (C=O) groups excluding carboxylic acids is 1. The van der Waals surface area contributed by atoms with Gasteiger partial charge in [-0.3, -0.25) is 14.8 Å². The van der Waals surface area contributed by atoms with Crippen molar-refractivity contribution in [3.63, 3.8) is 0 Å². The molecule has 3 N–H and O–H groups in total. The number of aliphatic hydroxyl groups excluding tert-OH is 1. The number of amides is 2. The molecule has 0 aromatic carbocycles. The van der Waals surface area contributed by atoms with Crippen molar-refractivity contribution >= 4 is 28.4 Å². The molecule has 0 atom stereocenters. The second-order valence-electron chi connectivity index (χ2n) is 10.00. The molecule has 1 spiro atoms. The van der Waals surface area contributed by atoms with Crippen LogP contribution >= 0.6 is 0 Å². The van der Waals surface area contributed by atoms with Gasteiger partial charge in [0.05, 0.1) is 41.1 Å². The van der Waals surface area contributed by atoms with Gasteiger partial charge in [0.15, 0.2) is 5.82 Å². The molecule has 1 saturated carbocycles. The van der Waals surface area contributed by atoms with Crippen LogP contribution in [0.15, 0.2) is 18.5 Å². The highest BCUT2D eigenvalue weighted by molar-refractivity contribution is 5.96. The van der Waals surface area contributed by atoms with Crippen molar-refractivity contribution in [3.8, 4) is 11.4 Å². The molecule has 0 radical (unpaired) electrons. The molecule has 2 saturated heterocycles. The lowest BCUT2D eigenvalue weighted by Crippen LogP contribution is -2.54. The number of rotatable bonds is 4. The van der Waals surface area contributed by atoms with Gasteiger partial charge in [-0.05, 0) is 25.3 Å². The molecule has 3 aromatic heterocycles. The Balaban J connectivity index is 1.31. The first-order valence-corrected chi connectivity index (χ1v) is 11.8. The molecule has 198 valence electrons. The van der Waals surface area contributed by atoms with E-state index in [1.54, 1.807) is 4.90 Å². The van der Waals surface area contributed by atoms with Gasteiger partial charge in [0.1, 0.15) is 12.2 Å². The van der Waals surface area contributed by atoms with Crippen molar-refractivity contribution in [2.75, 3.05) is 29.9 Å². The van der Waals surface area contributed by atoms with Gasteiger partial charge in [-0.1, -0.05) is 0 Å². The van der Waals surface area contributed by atoms with Crippen LogP contribution < -0.4 is 10.2 Å². The van der Waals surface area contributed by atoms with E-state index < -0.39 is 42.9 Å². The van der Waals surface area contributed by atoms with Crippen LogP contribution in [-0.4, -0.2) is 84.4 Å². The first kappa shape index (κ1) is 23.9. The Hall–Kier alpha value is -3.49. The summed E-state index contributed by atoms with van der Waals surface area (Å²) in [5, 5.41) is 23.3. The highest BCUT2D eigenvalue weighted by Gasteiger charge is 2.57. The van der Waals surface area contributed by atoms with E-state index in [9.17, 15) is 31.9 Å². The van der Waals surface area contributed by atoms with E-state index in [4.69, 9.17) is 0 Å². The van der Waals surface area contributed by atoms with Crippen LogP contribution in [0.3, 0.4) is 0 Å². The third-order valence-electron chi connectivity index (χ3n) is 7.23. The van der Waals surface area contributed by atoms with Crippen molar-refractivity contribution in [2.24, 2.45) is 0 Å². The molecular weight excluding hydrogens is 503 g/mol. The average molecular weight is 526 g/mol. The number of carbonyl (C=O) groups is 1. The number of fused-ring (bicyclic) bond motifs is 1. The summed E-state index contributed by atoms with van der Waals surface area (Å²) in [7, 11) is 0. The number of anilines is 2. The number of aliphatic hydroxyl groups is 1. The van der Waals surface area contributed by atoms with Gasteiger partial charge in [-0.2, -0.15) is 23.4 Å². The highest BCUT2D eigenvalue weighted by atomic mass is 19.4. The fourth-order valence-corrected chi connectivity index (χ4v) is 5.08. The van der Waals surface area contributed by atoms with Gasteiger partial charge in [0, 0.05) is 31.2 Å². The van der Waals surface area contributed by atoms with Gasteiger partial charge < -0.3 is 20.2 Å². The van der Waals surface area contributed by atoms with E-state index in [1.165, 1.54) is 23.4 Å². The Bertz CT molecular complexity index is 1360. The van der Waals surface area contributed by atoms with Gasteiger partial charge >= 0.3 is 12.2 Å². The van der Waals surface area contributed by atoms with Crippen molar-refractivity contribution in [1.82, 2.24) is 29.9 Å². The number of halogens is 5. The number of aromatic amines is 1. The highest BCUT2D eigenvalue weighted by Crippen LogP contribution is 2.51. The second-order valence-corrected chi connectivity index (χ2v) is 10.00. The summed E-state index contributed by atoms with van der Waals surface area (Å²) < 4.78 is 68.8. The Labute approximate surface area is 206 Å². The maximum Gasteiger partial charge on any atom is 0.408 e. The summed E-state index contributed by atoms with van der Waals surface area (Å²) in [6, 6.07) is 0.704. The lowest BCUT2D eigenvalue weighted by molar-refractivity contribution is -0.141. The summed E-state index contributed by atoms with van der Waals surface area (Å²) in [4.78, 5) is 20.2. The van der Waals surface area contributed by atoms with Crippen molar-refractivity contribution in [1.29, 1.82) is 0 Å². The second kappa shape index (κ2) is 8.00. The number of pyridine rings is 1. The van der Waals surface area contributed by atoms with E-state index in [-0.39, 0.29) is 54.3 Å². The van der Waals surface area contributed by atoms with Crippen LogP contribution in [0, 0.1) is 0 Å². The van der Waals surface area contributed by atoms with Crippen LogP contribution in [0.1, 0.15) is 25.7 Å². The minimum Gasteiger partial charge on any atom is -0.389 e. The number of nitrogens with one attached hydrogen (secondary N) is 2. The van der Waals surface area contributed by atoms with Gasteiger partial charge in [-0.25, -0.2) is 13.6 Å². The molecule has 3 aromatic rings. The van der Waals surface area contributed by atoms with Crippen molar-refractivity contribution in [3.05, 3.63) is 18.5 Å². The number of piperidine rings is 1. The van der Waals surface area contributed by atoms with E-state index in [0.29, 0.717) is 18.2 Å². The Morgan fingerprint density at radius 3 is 2.59 bits per heavy atom. The van der Waals surface area contributed by atoms with E-state index in [1.807, 2.05) is 0 Å². The van der Waals surface area contributed by atoms with Crippen molar-refractivity contribution in [2.45, 2.75) is 56.0 Å². The Kier molecular flexibility index (Phi) is 5.17. The molecule has 2 amide bonds. The molecule has 15 heteroatoms. The number of β-amino-alcohol motifs (C(OH)–C–C–N with tert-alkyl or cyclic N) is 1. The number of likely N-dealkylation sites (tertiary alicyclic amines) is 1. The van der Waals surface area contributed by atoms with Gasteiger partial charge in [-0.15, -0.1) is 0 Å². The zero-order valence-corrected chi connectivity index (χ0v) is 19.4. The minimum absolute atomic E-state index is 0.151. The van der Waals surface area contributed by atoms with Crippen molar-refractivity contribution < 1.29 is 31.9 Å². The molecule has 37 heavy (non-hydrogen) atoms. The first-order chi connectivity index (χ1) is 17.4. The third-order valence-corrected chi connectivity index (χ3v) is 7.23. The lowest BCUT2D eigenvalue weighted by atomic mass is 9.97.